The highest BCUT2D eigenvalue weighted by atomic mass is 32.7. The number of nitrogens with one attached hydrogen (secondary N) is 1. The average Bonchev–Trinajstić information content (AvgIpc) is 3.52. The molecule has 4 N–H and O–H groups in total. The SMILES string of the molecule is COc1ccc(OSP(=O)(OC[C@@]2(C(F)F)O[C@@H](n3cnc4c(=O)[nH]c(N)nc43)C(F)(F)[C@@H]2O)Oc2ccc(OC)cc2)cc1. The molecule has 1 aliphatic rings. The summed E-state index contributed by atoms with van der Waals surface area (Å²) in [5, 5.41) is 10.6. The van der Waals surface area contributed by atoms with Crippen molar-refractivity contribution < 1.29 is 54.7 Å². The fourth-order valence-corrected chi connectivity index (χ4v) is 6.57. The van der Waals surface area contributed by atoms with Crippen molar-refractivity contribution in [3.8, 4) is 23.0 Å². The van der Waals surface area contributed by atoms with Gasteiger partial charge >= 0.3 is 12.7 Å². The Morgan fingerprint density at radius 1 is 1.09 bits per heavy atom. The van der Waals surface area contributed by atoms with Crippen LogP contribution in [-0.4, -0.2) is 69.5 Å². The van der Waals surface area contributed by atoms with Crippen molar-refractivity contribution >= 4 is 35.6 Å². The van der Waals surface area contributed by atoms with Gasteiger partial charge in [-0.1, -0.05) is 0 Å². The highest BCUT2D eigenvalue weighted by molar-refractivity contribution is 8.52. The molecule has 20 heteroatoms. The molecule has 1 saturated heterocycles. The number of hydrogen-bond acceptors (Lipinski definition) is 13. The Hall–Kier alpha value is -4.03. The lowest BCUT2D eigenvalue weighted by Crippen LogP contribution is -2.54. The zero-order valence-corrected chi connectivity index (χ0v) is 24.8. The molecule has 14 nitrogen and oxygen atoms in total. The number of aromatic nitrogens is 4. The molecule has 4 atom stereocenters. The Morgan fingerprint density at radius 2 is 1.67 bits per heavy atom. The molecule has 0 amide bonds. The summed E-state index contributed by atoms with van der Waals surface area (Å²) in [6.07, 6.45) is -9.04. The predicted octanol–water partition coefficient (Wildman–Crippen LogP) is 4.18. The van der Waals surface area contributed by atoms with Crippen LogP contribution in [0.2, 0.25) is 0 Å². The number of rotatable bonds is 12. The second-order valence-corrected chi connectivity index (χ2v) is 12.8. The van der Waals surface area contributed by atoms with Crippen molar-refractivity contribution in [2.24, 2.45) is 0 Å². The van der Waals surface area contributed by atoms with Gasteiger partial charge in [0.25, 0.3) is 12.0 Å². The minimum atomic E-state index is -4.72. The lowest BCUT2D eigenvalue weighted by Gasteiger charge is -2.31. The number of aliphatic hydroxyl groups is 1. The Kier molecular flexibility index (Phi) is 8.92. The number of alkyl halides is 4. The van der Waals surface area contributed by atoms with Crippen LogP contribution in [-0.2, 0) is 13.8 Å². The molecule has 45 heavy (non-hydrogen) atoms. The maximum Gasteiger partial charge on any atom is 0.478 e. The fraction of sp³-hybridized carbons (Fsp3) is 0.320. The second-order valence-electron chi connectivity index (χ2n) is 9.40. The highest BCUT2D eigenvalue weighted by Gasteiger charge is 2.71. The number of methoxy groups -OCH3 is 2. The quantitative estimate of drug-likeness (QED) is 0.110. The van der Waals surface area contributed by atoms with Crippen LogP contribution in [0.4, 0.5) is 23.5 Å². The van der Waals surface area contributed by atoms with Crippen molar-refractivity contribution in [1.29, 1.82) is 0 Å². The number of imidazole rings is 1. The molecule has 3 heterocycles. The number of nitrogens with two attached hydrogens (primary N) is 1. The molecule has 1 unspecified atom stereocenters. The second kappa shape index (κ2) is 12.4. The normalized spacial score (nSPS) is 22.3. The molecule has 5 rings (SSSR count). The molecule has 0 spiro atoms. The summed E-state index contributed by atoms with van der Waals surface area (Å²) < 4.78 is 106. The molecule has 242 valence electrons. The number of nitrogens with zero attached hydrogens (tertiary/aromatic N) is 3. The Labute approximate surface area is 254 Å². The van der Waals surface area contributed by atoms with Gasteiger partial charge in [-0.3, -0.25) is 18.9 Å². The van der Waals surface area contributed by atoms with Gasteiger partial charge < -0.3 is 33.8 Å². The maximum absolute atomic E-state index is 15.5. The number of halogens is 4. The number of benzene rings is 2. The van der Waals surface area contributed by atoms with Crippen LogP contribution in [0.1, 0.15) is 6.23 Å². The fourth-order valence-electron chi connectivity index (χ4n) is 4.24. The van der Waals surface area contributed by atoms with E-state index in [4.69, 9.17) is 33.2 Å². The van der Waals surface area contributed by atoms with Gasteiger partial charge in [0.2, 0.25) is 12.2 Å². The first kappa shape index (κ1) is 32.4. The molecule has 0 saturated carbocycles. The van der Waals surface area contributed by atoms with Gasteiger partial charge in [0.15, 0.2) is 34.5 Å². The lowest BCUT2D eigenvalue weighted by molar-refractivity contribution is -0.191. The van der Waals surface area contributed by atoms with Crippen LogP contribution in [0.5, 0.6) is 23.0 Å². The van der Waals surface area contributed by atoms with Crippen molar-refractivity contribution in [2.75, 3.05) is 26.6 Å². The molecule has 4 aromatic rings. The Bertz CT molecular complexity index is 1760. The summed E-state index contributed by atoms with van der Waals surface area (Å²) in [5.41, 5.74) is 0.157. The minimum absolute atomic E-state index is 0.0859. The van der Waals surface area contributed by atoms with Gasteiger partial charge in [0.1, 0.15) is 23.0 Å². The molecular weight excluding hydrogens is 653 g/mol. The van der Waals surface area contributed by atoms with E-state index in [0.717, 1.165) is 0 Å². The van der Waals surface area contributed by atoms with E-state index in [-0.39, 0.29) is 23.2 Å². The number of fused-ring (bicyclic) bond motifs is 1. The van der Waals surface area contributed by atoms with Gasteiger partial charge in [0, 0.05) is 0 Å². The van der Waals surface area contributed by atoms with Gasteiger partial charge in [-0.05, 0) is 48.5 Å². The predicted molar refractivity (Wildman–Crippen MR) is 151 cm³/mol. The Morgan fingerprint density at radius 3 is 2.24 bits per heavy atom. The molecule has 0 bridgehead atoms. The number of aliphatic hydroxyl groups excluding tert-OH is 1. The zero-order valence-electron chi connectivity index (χ0n) is 23.1. The third-order valence-corrected chi connectivity index (χ3v) is 9.21. The number of H-pyrrole nitrogens is 1. The standard InChI is InChI=1S/C25H24F4N5O9PS/c1-38-13-3-7-15(8-4-13)42-44(37,45-43-16-9-5-14(39-2)6-10-16)40-11-24(21(26)27)20(36)25(28,29)22(41-24)34-12-31-17-18(34)32-23(30)33-19(17)35/h3-10,12,20-22,36H,11H2,1-2H3,(H3,30,32,33,35)/t20-,22-,24-,44?/m1/s1. The molecular formula is C25H24F4N5O9PS. The van der Waals surface area contributed by atoms with Crippen molar-refractivity contribution in [3.05, 3.63) is 65.2 Å². The summed E-state index contributed by atoms with van der Waals surface area (Å²) >= 11 is 0.0859. The van der Waals surface area contributed by atoms with E-state index in [1.165, 1.54) is 62.8 Å². The van der Waals surface area contributed by atoms with Gasteiger partial charge in [-0.15, -0.1) is 0 Å². The summed E-state index contributed by atoms with van der Waals surface area (Å²) in [6, 6.07) is 11.4. The van der Waals surface area contributed by atoms with Crippen LogP contribution >= 0.6 is 18.5 Å². The number of aromatic amines is 1. The maximum atomic E-state index is 15.5. The Balaban J connectivity index is 1.45. The first-order valence-electron chi connectivity index (χ1n) is 12.6. The number of hydrogen-bond donors (Lipinski definition) is 3. The molecule has 2 aromatic heterocycles. The third-order valence-electron chi connectivity index (χ3n) is 6.57. The van der Waals surface area contributed by atoms with Gasteiger partial charge in [0.05, 0.1) is 27.2 Å². The van der Waals surface area contributed by atoms with Crippen LogP contribution in [0, 0.1) is 0 Å². The molecule has 1 fully saturated rings. The number of anilines is 1. The van der Waals surface area contributed by atoms with E-state index in [2.05, 4.69) is 15.0 Å². The van der Waals surface area contributed by atoms with E-state index < -0.39 is 66.4 Å². The molecule has 2 aromatic carbocycles. The van der Waals surface area contributed by atoms with Crippen molar-refractivity contribution in [3.63, 3.8) is 0 Å². The first-order chi connectivity index (χ1) is 21.3. The van der Waals surface area contributed by atoms with Crippen LogP contribution in [0.3, 0.4) is 0 Å². The van der Waals surface area contributed by atoms with E-state index in [1.54, 1.807) is 0 Å². The molecule has 0 aliphatic carbocycles. The van der Waals surface area contributed by atoms with E-state index >= 15 is 8.78 Å². The van der Waals surface area contributed by atoms with E-state index in [0.29, 0.717) is 22.4 Å². The van der Waals surface area contributed by atoms with Crippen LogP contribution in [0.25, 0.3) is 11.2 Å². The number of nitrogen functional groups attached to an aromatic ring is 1. The lowest BCUT2D eigenvalue weighted by atomic mass is 9.96. The van der Waals surface area contributed by atoms with Crippen molar-refractivity contribution in [2.45, 2.75) is 30.3 Å². The van der Waals surface area contributed by atoms with E-state index in [1.807, 2.05) is 0 Å². The van der Waals surface area contributed by atoms with Crippen LogP contribution < -0.4 is 29.5 Å². The monoisotopic (exact) mass is 677 g/mol. The molecule has 1 aliphatic heterocycles. The zero-order chi connectivity index (χ0) is 32.6. The number of ether oxygens (including phenoxy) is 3. The third kappa shape index (κ3) is 6.26. The summed E-state index contributed by atoms with van der Waals surface area (Å²) in [6.45, 7) is -6.30. The summed E-state index contributed by atoms with van der Waals surface area (Å²) in [5.74, 6) is -4.03. The van der Waals surface area contributed by atoms with Gasteiger partial charge in [-0.2, -0.15) is 13.8 Å². The largest absolute Gasteiger partial charge is 0.497 e. The first-order valence-corrected chi connectivity index (χ1v) is 15.5. The van der Waals surface area contributed by atoms with Crippen molar-refractivity contribution in [1.82, 2.24) is 19.5 Å². The summed E-state index contributed by atoms with van der Waals surface area (Å²) in [4.78, 5) is 21.7. The minimum Gasteiger partial charge on any atom is -0.497 e. The van der Waals surface area contributed by atoms with Gasteiger partial charge in [-0.25, -0.2) is 18.3 Å². The average molecular weight is 678 g/mol. The van der Waals surface area contributed by atoms with E-state index in [9.17, 15) is 23.2 Å². The topological polar surface area (TPSA) is 182 Å². The molecule has 0 radical (unpaired) electrons. The smallest absolute Gasteiger partial charge is 0.478 e. The summed E-state index contributed by atoms with van der Waals surface area (Å²) in [7, 11) is 2.83. The highest BCUT2D eigenvalue weighted by Crippen LogP contribution is 2.62. The van der Waals surface area contributed by atoms with Crippen LogP contribution in [0.15, 0.2) is 59.7 Å².